The van der Waals surface area contributed by atoms with Gasteiger partial charge in [-0.25, -0.2) is 18.7 Å². The van der Waals surface area contributed by atoms with E-state index in [-0.39, 0.29) is 40.5 Å². The molecule has 4 aromatic heterocycles. The Hall–Kier alpha value is -6.98. The fourth-order valence-electron chi connectivity index (χ4n) is 5.13. The molecule has 0 radical (unpaired) electrons. The summed E-state index contributed by atoms with van der Waals surface area (Å²) in [5.74, 6) is -1.40. The number of aromatic nitrogens is 8. The van der Waals surface area contributed by atoms with Crippen molar-refractivity contribution in [1.82, 2.24) is 39.5 Å². The third kappa shape index (κ3) is 8.55. The van der Waals surface area contributed by atoms with Crippen molar-refractivity contribution < 1.29 is 23.3 Å². The van der Waals surface area contributed by atoms with Gasteiger partial charge in [0.25, 0.3) is 17.5 Å². The minimum Gasteiger partial charge on any atom is -0.398 e. The Bertz CT molecular complexity index is 2360. The van der Waals surface area contributed by atoms with Gasteiger partial charge in [-0.15, -0.1) is 20.4 Å². The molecule has 6 rings (SSSR count). The molecule has 0 aliphatic carbocycles. The van der Waals surface area contributed by atoms with Crippen molar-refractivity contribution in [2.75, 3.05) is 16.4 Å². The van der Waals surface area contributed by atoms with Gasteiger partial charge in [-0.05, 0) is 89.6 Å². The van der Waals surface area contributed by atoms with E-state index >= 15 is 0 Å². The molecule has 18 heteroatoms. The summed E-state index contributed by atoms with van der Waals surface area (Å²) >= 11 is 0. The van der Waals surface area contributed by atoms with Crippen LogP contribution in [0.15, 0.2) is 73.3 Å². The molecule has 0 fully saturated rings. The number of nitrogens with one attached hydrogen (secondary N) is 2. The lowest BCUT2D eigenvalue weighted by Crippen LogP contribution is -2.16. The fraction of sp³-hybridized carbons (Fsp3) is 0.222. The largest absolute Gasteiger partial charge is 0.398 e. The van der Waals surface area contributed by atoms with E-state index in [4.69, 9.17) is 5.73 Å². The molecule has 4 N–H and O–H groups in total. The minimum absolute atomic E-state index is 0.104. The Morgan fingerprint density at radius 2 is 1.19 bits per heavy atom. The predicted octanol–water partition coefficient (Wildman–Crippen LogP) is 6.73. The van der Waals surface area contributed by atoms with Gasteiger partial charge in [0.15, 0.2) is 11.6 Å². The van der Waals surface area contributed by atoms with Crippen molar-refractivity contribution >= 4 is 34.8 Å². The highest BCUT2D eigenvalue weighted by Gasteiger charge is 2.21. The maximum Gasteiger partial charge on any atom is 0.273 e. The van der Waals surface area contributed by atoms with Gasteiger partial charge < -0.3 is 25.5 Å². The molecule has 0 unspecified atom stereocenters. The highest BCUT2D eigenvalue weighted by atomic mass is 19.1. The summed E-state index contributed by atoms with van der Waals surface area (Å²) in [4.78, 5) is 43.9. The zero-order chi connectivity index (χ0) is 39.3. The highest BCUT2D eigenvalue weighted by Crippen LogP contribution is 2.25. The summed E-state index contributed by atoms with van der Waals surface area (Å²) < 4.78 is 31.9. The van der Waals surface area contributed by atoms with Crippen molar-refractivity contribution in [2.24, 2.45) is 0 Å². The Balaban J connectivity index is 0.000000208. The van der Waals surface area contributed by atoms with Crippen LogP contribution in [0.4, 0.5) is 31.8 Å². The Kier molecular flexibility index (Phi) is 11.4. The van der Waals surface area contributed by atoms with Gasteiger partial charge >= 0.3 is 0 Å². The number of anilines is 3. The van der Waals surface area contributed by atoms with E-state index in [2.05, 4.69) is 41.0 Å². The number of rotatable bonds is 9. The third-order valence-electron chi connectivity index (χ3n) is 8.03. The number of nitrogen functional groups attached to an aromatic ring is 1. The summed E-state index contributed by atoms with van der Waals surface area (Å²) in [5.41, 5.74) is 6.95. The summed E-state index contributed by atoms with van der Waals surface area (Å²) in [6.45, 7) is 11.0. The number of aryl methyl sites for hydroxylation is 2. The smallest absolute Gasteiger partial charge is 0.273 e. The van der Waals surface area contributed by atoms with E-state index in [0.29, 0.717) is 34.3 Å². The lowest BCUT2D eigenvalue weighted by molar-refractivity contribution is -0.385. The molecule has 4 heterocycles. The number of halogens is 2. The van der Waals surface area contributed by atoms with Crippen LogP contribution in [0.3, 0.4) is 0 Å². The number of nitrogens with two attached hydrogens (primary N) is 1. The van der Waals surface area contributed by atoms with E-state index in [9.17, 15) is 28.5 Å². The lowest BCUT2D eigenvalue weighted by atomic mass is 10.1. The molecular weight excluding hydrogens is 702 g/mol. The second-order valence-electron chi connectivity index (χ2n) is 12.6. The second-order valence-corrected chi connectivity index (χ2v) is 12.6. The van der Waals surface area contributed by atoms with E-state index < -0.39 is 33.9 Å². The summed E-state index contributed by atoms with van der Waals surface area (Å²) in [5, 5.41) is 32.0. The van der Waals surface area contributed by atoms with Crippen molar-refractivity contribution in [3.63, 3.8) is 0 Å². The predicted molar refractivity (Wildman–Crippen MR) is 197 cm³/mol. The van der Waals surface area contributed by atoms with Crippen LogP contribution < -0.4 is 16.4 Å². The van der Waals surface area contributed by atoms with Gasteiger partial charge in [-0.3, -0.25) is 19.7 Å². The molecule has 0 saturated carbocycles. The molecule has 54 heavy (non-hydrogen) atoms. The van der Waals surface area contributed by atoms with Crippen LogP contribution in [0.2, 0.25) is 0 Å². The number of nitrogens with zero attached hydrogens (tertiary/aromatic N) is 9. The number of nitro benzene ring substituents is 1. The van der Waals surface area contributed by atoms with Crippen LogP contribution in [-0.2, 0) is 0 Å². The van der Waals surface area contributed by atoms with Gasteiger partial charge in [0.05, 0.1) is 16.1 Å². The maximum atomic E-state index is 14.2. The first-order chi connectivity index (χ1) is 25.6. The number of hydrogen-bond donors (Lipinski definition) is 3. The molecule has 2 amide bonds. The number of benzene rings is 2. The molecule has 0 aliphatic heterocycles. The average Bonchev–Trinajstić information content (AvgIpc) is 3.82. The number of carbonyl (C=O) groups is 2. The number of amides is 2. The van der Waals surface area contributed by atoms with E-state index in [1.54, 1.807) is 49.9 Å². The number of pyridine rings is 2. The van der Waals surface area contributed by atoms with E-state index in [0.717, 1.165) is 12.1 Å². The first kappa shape index (κ1) is 38.3. The molecule has 2 aromatic carbocycles. The monoisotopic (exact) mass is 738 g/mol. The number of nitro groups is 1. The SMILES string of the molecule is Cc1cc(F)c(C(=O)Nc2cccc(-c3nncn3C(C)C)n2)cc1N.Cc1cc(F)c(C(=O)Nc2cccc(-c3nncn3C(C)C)n2)cc1[N+](=O)[O-]. The lowest BCUT2D eigenvalue weighted by Gasteiger charge is -2.11. The standard InChI is InChI=1S/C18H17FN6O3.C18H19FN6O/c1-10(2)24-9-20-23-17(24)14-5-4-6-16(21-14)22-18(26)12-8-15(25(27)28)11(3)7-13(12)19;1-10(2)25-9-21-24-17(25)15-5-4-6-16(22-15)23-18(26)12-8-14(20)11(3)7-13(12)19/h4-10H,1-3H3,(H,21,22,26);4-10H,20H2,1-3H3,(H,22,23,26). The summed E-state index contributed by atoms with van der Waals surface area (Å²) in [7, 11) is 0. The Morgan fingerprint density at radius 1 is 0.741 bits per heavy atom. The van der Waals surface area contributed by atoms with E-state index in [1.165, 1.54) is 25.1 Å². The van der Waals surface area contributed by atoms with Gasteiger partial charge in [0, 0.05) is 29.4 Å². The highest BCUT2D eigenvalue weighted by molar-refractivity contribution is 6.05. The minimum atomic E-state index is -0.851. The zero-order valence-electron chi connectivity index (χ0n) is 30.1. The van der Waals surface area contributed by atoms with Gasteiger partial charge in [-0.2, -0.15) is 0 Å². The summed E-state index contributed by atoms with van der Waals surface area (Å²) in [6.07, 6.45) is 3.20. The van der Waals surface area contributed by atoms with Crippen LogP contribution in [0, 0.1) is 35.6 Å². The molecule has 0 spiro atoms. The Labute approximate surface area is 307 Å². The zero-order valence-corrected chi connectivity index (χ0v) is 30.1. The fourth-order valence-corrected chi connectivity index (χ4v) is 5.13. The molecule has 0 bridgehead atoms. The normalized spacial score (nSPS) is 10.9. The van der Waals surface area contributed by atoms with Crippen molar-refractivity contribution in [3.8, 4) is 23.0 Å². The molecular formula is C36H36F2N12O4. The molecule has 0 saturated heterocycles. The van der Waals surface area contributed by atoms with Crippen molar-refractivity contribution in [1.29, 1.82) is 0 Å². The molecule has 16 nitrogen and oxygen atoms in total. The molecule has 0 atom stereocenters. The molecule has 278 valence electrons. The van der Waals surface area contributed by atoms with Crippen LogP contribution in [0.5, 0.6) is 0 Å². The first-order valence-electron chi connectivity index (χ1n) is 16.5. The van der Waals surface area contributed by atoms with Crippen molar-refractivity contribution in [2.45, 2.75) is 53.6 Å². The van der Waals surface area contributed by atoms with Crippen LogP contribution in [0.25, 0.3) is 23.0 Å². The Morgan fingerprint density at radius 3 is 1.63 bits per heavy atom. The van der Waals surface area contributed by atoms with Crippen LogP contribution in [0.1, 0.15) is 71.6 Å². The van der Waals surface area contributed by atoms with Crippen molar-refractivity contribution in [3.05, 3.63) is 117 Å². The topological polar surface area (TPSA) is 215 Å². The van der Waals surface area contributed by atoms with E-state index in [1.807, 2.05) is 36.8 Å². The number of hydrogen-bond acceptors (Lipinski definition) is 11. The quantitative estimate of drug-likeness (QED) is 0.0803. The molecule has 6 aromatic rings. The average molecular weight is 739 g/mol. The van der Waals surface area contributed by atoms with Gasteiger partial charge in [-0.1, -0.05) is 12.1 Å². The molecule has 0 aliphatic rings. The van der Waals surface area contributed by atoms with Crippen LogP contribution in [-0.4, -0.2) is 56.2 Å². The van der Waals surface area contributed by atoms with Gasteiger partial charge in [0.2, 0.25) is 0 Å². The summed E-state index contributed by atoms with van der Waals surface area (Å²) in [6, 6.07) is 14.7. The third-order valence-corrected chi connectivity index (χ3v) is 8.03. The second kappa shape index (κ2) is 16.1. The maximum absolute atomic E-state index is 14.2. The van der Waals surface area contributed by atoms with Gasteiger partial charge in [0.1, 0.15) is 47.3 Å². The number of carbonyl (C=O) groups excluding carboxylic acids is 2. The first-order valence-corrected chi connectivity index (χ1v) is 16.5. The van der Waals surface area contributed by atoms with Crippen LogP contribution >= 0.6 is 0 Å².